The highest BCUT2D eigenvalue weighted by Crippen LogP contribution is 1.81. The molecule has 0 aliphatic rings. The number of methoxy groups -OCH3 is 1. The molecule has 0 aromatic heterocycles. The fourth-order valence-corrected chi connectivity index (χ4v) is 1.24. The van der Waals surface area contributed by atoms with Crippen molar-refractivity contribution in [1.82, 2.24) is 10.6 Å². The predicted molar refractivity (Wildman–Crippen MR) is 74.8 cm³/mol. The molecule has 0 aliphatic carbocycles. The Bertz CT molecular complexity index is 322. The van der Waals surface area contributed by atoms with Crippen LogP contribution in [0.2, 0.25) is 0 Å². The van der Waals surface area contributed by atoms with Gasteiger partial charge in [0.1, 0.15) is 13.2 Å². The lowest BCUT2D eigenvalue weighted by Gasteiger charge is -2.07. The monoisotopic (exact) mass is 304 g/mol. The van der Waals surface area contributed by atoms with Crippen LogP contribution in [0.5, 0.6) is 0 Å². The standard InChI is InChI=1S/C13H24N2O6/c1-11(16)9-20-6-5-15-12(17)3-4-14-13(18)10-21-8-7-19-2/h3-10H2,1-2H3,(H,14,18)(H,15,17). The Labute approximate surface area is 124 Å². The zero-order chi connectivity index (χ0) is 15.9. The maximum absolute atomic E-state index is 11.4. The second-order valence-electron chi connectivity index (χ2n) is 4.25. The van der Waals surface area contributed by atoms with Crippen LogP contribution in [0.25, 0.3) is 0 Å². The summed E-state index contributed by atoms with van der Waals surface area (Å²) in [5.74, 6) is -0.525. The molecule has 8 heteroatoms. The van der Waals surface area contributed by atoms with Gasteiger partial charge in [0.15, 0.2) is 5.78 Å². The molecule has 0 aromatic rings. The van der Waals surface area contributed by atoms with Crippen LogP contribution in [0.3, 0.4) is 0 Å². The van der Waals surface area contributed by atoms with E-state index in [2.05, 4.69) is 10.6 Å². The molecule has 2 amide bonds. The van der Waals surface area contributed by atoms with Gasteiger partial charge < -0.3 is 24.8 Å². The number of carbonyl (C=O) groups excluding carboxylic acids is 3. The average Bonchev–Trinajstić information content (AvgIpc) is 2.43. The van der Waals surface area contributed by atoms with Crippen molar-refractivity contribution in [3.05, 3.63) is 0 Å². The topological polar surface area (TPSA) is 103 Å². The van der Waals surface area contributed by atoms with E-state index in [1.54, 1.807) is 7.11 Å². The second kappa shape index (κ2) is 13.5. The minimum absolute atomic E-state index is 0.0506. The molecule has 2 N–H and O–H groups in total. The molecule has 21 heavy (non-hydrogen) atoms. The Hall–Kier alpha value is -1.51. The molecule has 0 bridgehead atoms. The molecule has 0 fully saturated rings. The van der Waals surface area contributed by atoms with Crippen LogP contribution in [0.4, 0.5) is 0 Å². The summed E-state index contributed by atoms with van der Waals surface area (Å²) in [6, 6.07) is 0. The molecule has 0 aromatic carbocycles. The van der Waals surface area contributed by atoms with Gasteiger partial charge >= 0.3 is 0 Å². The number of hydrogen-bond donors (Lipinski definition) is 2. The van der Waals surface area contributed by atoms with Gasteiger partial charge in [-0.25, -0.2) is 0 Å². The van der Waals surface area contributed by atoms with Crippen molar-refractivity contribution in [2.75, 3.05) is 53.2 Å². The fourth-order valence-electron chi connectivity index (χ4n) is 1.24. The molecular formula is C13H24N2O6. The van der Waals surface area contributed by atoms with E-state index in [1.807, 2.05) is 0 Å². The molecule has 0 rings (SSSR count). The quantitative estimate of drug-likeness (QED) is 0.418. The van der Waals surface area contributed by atoms with Gasteiger partial charge in [-0.1, -0.05) is 0 Å². The first-order valence-corrected chi connectivity index (χ1v) is 6.73. The van der Waals surface area contributed by atoms with Gasteiger partial charge in [-0.2, -0.15) is 0 Å². The lowest BCUT2D eigenvalue weighted by atomic mass is 10.4. The molecular weight excluding hydrogens is 280 g/mol. The number of Topliss-reactive ketones (excluding diaryl/α,β-unsaturated/α-hetero) is 1. The van der Waals surface area contributed by atoms with Gasteiger partial charge in [0, 0.05) is 26.6 Å². The van der Waals surface area contributed by atoms with Crippen LogP contribution in [0.1, 0.15) is 13.3 Å². The minimum Gasteiger partial charge on any atom is -0.382 e. The van der Waals surface area contributed by atoms with Gasteiger partial charge in [-0.3, -0.25) is 14.4 Å². The summed E-state index contributed by atoms with van der Waals surface area (Å²) < 4.78 is 14.8. The summed E-state index contributed by atoms with van der Waals surface area (Å²) in [5.41, 5.74) is 0. The molecule has 8 nitrogen and oxygen atoms in total. The van der Waals surface area contributed by atoms with Crippen molar-refractivity contribution in [2.45, 2.75) is 13.3 Å². The predicted octanol–water partition coefficient (Wildman–Crippen LogP) is -1.12. The maximum Gasteiger partial charge on any atom is 0.246 e. The number of amides is 2. The molecule has 0 aliphatic heterocycles. The number of ketones is 1. The molecule has 0 unspecified atom stereocenters. The van der Waals surface area contributed by atoms with E-state index >= 15 is 0 Å². The number of hydrogen-bond acceptors (Lipinski definition) is 6. The summed E-state index contributed by atoms with van der Waals surface area (Å²) in [5, 5.41) is 5.18. The lowest BCUT2D eigenvalue weighted by Crippen LogP contribution is -2.34. The first kappa shape index (κ1) is 19.5. The number of rotatable bonds is 13. The first-order chi connectivity index (χ1) is 10.1. The summed E-state index contributed by atoms with van der Waals surface area (Å²) in [6.07, 6.45) is 0.177. The summed E-state index contributed by atoms with van der Waals surface area (Å²) in [7, 11) is 1.55. The third kappa shape index (κ3) is 14.7. The van der Waals surface area contributed by atoms with Crippen molar-refractivity contribution in [2.24, 2.45) is 0 Å². The SMILES string of the molecule is COCCOCC(=O)NCCC(=O)NCCOCC(C)=O. The van der Waals surface area contributed by atoms with E-state index in [9.17, 15) is 14.4 Å². The molecule has 0 saturated carbocycles. The lowest BCUT2D eigenvalue weighted by molar-refractivity contribution is -0.126. The van der Waals surface area contributed by atoms with E-state index < -0.39 is 0 Å². The highest BCUT2D eigenvalue weighted by atomic mass is 16.5. The Morgan fingerprint density at radius 1 is 0.857 bits per heavy atom. The maximum atomic E-state index is 11.4. The smallest absolute Gasteiger partial charge is 0.246 e. The summed E-state index contributed by atoms with van der Waals surface area (Å²) in [6.45, 7) is 3.07. The number of carbonyl (C=O) groups is 3. The third-order valence-electron chi connectivity index (χ3n) is 2.21. The highest BCUT2D eigenvalue weighted by molar-refractivity contribution is 5.79. The van der Waals surface area contributed by atoms with Crippen LogP contribution in [-0.2, 0) is 28.6 Å². The van der Waals surface area contributed by atoms with Gasteiger partial charge in [-0.15, -0.1) is 0 Å². The summed E-state index contributed by atoms with van der Waals surface area (Å²) >= 11 is 0. The van der Waals surface area contributed by atoms with Crippen molar-refractivity contribution < 1.29 is 28.6 Å². The highest BCUT2D eigenvalue weighted by Gasteiger charge is 2.04. The zero-order valence-corrected chi connectivity index (χ0v) is 12.6. The second-order valence-corrected chi connectivity index (χ2v) is 4.25. The van der Waals surface area contributed by atoms with Gasteiger partial charge in [0.25, 0.3) is 0 Å². The van der Waals surface area contributed by atoms with E-state index in [-0.39, 0.29) is 50.4 Å². The minimum atomic E-state index is -0.274. The fraction of sp³-hybridized carbons (Fsp3) is 0.769. The normalized spacial score (nSPS) is 10.2. The van der Waals surface area contributed by atoms with E-state index in [1.165, 1.54) is 6.92 Å². The van der Waals surface area contributed by atoms with Crippen molar-refractivity contribution >= 4 is 17.6 Å². The zero-order valence-electron chi connectivity index (χ0n) is 12.6. The third-order valence-corrected chi connectivity index (χ3v) is 2.21. The molecule has 122 valence electrons. The Morgan fingerprint density at radius 2 is 1.52 bits per heavy atom. The average molecular weight is 304 g/mol. The molecule has 0 radical (unpaired) electrons. The Balaban J connectivity index is 3.40. The molecule has 0 heterocycles. The Kier molecular flexibility index (Phi) is 12.5. The van der Waals surface area contributed by atoms with Gasteiger partial charge in [0.2, 0.25) is 11.8 Å². The van der Waals surface area contributed by atoms with Crippen molar-refractivity contribution in [3.63, 3.8) is 0 Å². The van der Waals surface area contributed by atoms with E-state index in [0.717, 1.165) is 0 Å². The van der Waals surface area contributed by atoms with E-state index in [0.29, 0.717) is 19.8 Å². The molecule has 0 atom stereocenters. The number of ether oxygens (including phenoxy) is 3. The Morgan fingerprint density at radius 3 is 2.19 bits per heavy atom. The number of nitrogens with one attached hydrogen (secondary N) is 2. The van der Waals surface area contributed by atoms with Crippen molar-refractivity contribution in [1.29, 1.82) is 0 Å². The molecule has 0 spiro atoms. The van der Waals surface area contributed by atoms with Crippen LogP contribution >= 0.6 is 0 Å². The molecule has 0 saturated heterocycles. The van der Waals surface area contributed by atoms with Crippen molar-refractivity contribution in [3.8, 4) is 0 Å². The van der Waals surface area contributed by atoms with E-state index in [4.69, 9.17) is 14.2 Å². The first-order valence-electron chi connectivity index (χ1n) is 6.73. The van der Waals surface area contributed by atoms with Crippen LogP contribution in [-0.4, -0.2) is 70.8 Å². The van der Waals surface area contributed by atoms with Crippen LogP contribution in [0, 0.1) is 0 Å². The summed E-state index contributed by atoms with van der Waals surface area (Å²) in [4.78, 5) is 33.3. The van der Waals surface area contributed by atoms with Crippen LogP contribution in [0.15, 0.2) is 0 Å². The largest absolute Gasteiger partial charge is 0.382 e. The van der Waals surface area contributed by atoms with Crippen LogP contribution < -0.4 is 10.6 Å². The van der Waals surface area contributed by atoms with Gasteiger partial charge in [-0.05, 0) is 6.92 Å². The van der Waals surface area contributed by atoms with Gasteiger partial charge in [0.05, 0.1) is 19.8 Å².